The van der Waals surface area contributed by atoms with E-state index in [1.54, 1.807) is 33.8 Å². The lowest BCUT2D eigenvalue weighted by atomic mass is 10.0. The number of aryl methyl sites for hydroxylation is 1. The number of terminal acetylenes is 1. The highest BCUT2D eigenvalue weighted by atomic mass is 35.5. The Morgan fingerprint density at radius 3 is 2.50 bits per heavy atom. The number of carbonyl (C=O) groups excluding carboxylic acids is 2. The van der Waals surface area contributed by atoms with E-state index < -0.39 is 41.5 Å². The van der Waals surface area contributed by atoms with Crippen molar-refractivity contribution in [2.45, 2.75) is 45.4 Å². The number of hydrogen-bond acceptors (Lipinski definition) is 6. The van der Waals surface area contributed by atoms with Gasteiger partial charge in [-0.15, -0.1) is 6.42 Å². The summed E-state index contributed by atoms with van der Waals surface area (Å²) in [4.78, 5) is 40.5. The number of amides is 2. The van der Waals surface area contributed by atoms with E-state index in [2.05, 4.69) is 11.2 Å². The van der Waals surface area contributed by atoms with E-state index in [1.165, 1.54) is 36.2 Å². The lowest BCUT2D eigenvalue weighted by Gasteiger charge is -2.40. The van der Waals surface area contributed by atoms with E-state index in [-0.39, 0.29) is 28.4 Å². The average molecular weight is 574 g/mol. The minimum Gasteiger partial charge on any atom is -0.484 e. The molecular weight excluding hydrogens is 541 g/mol. The molecule has 11 heteroatoms. The van der Waals surface area contributed by atoms with E-state index >= 15 is 0 Å². The molecule has 1 aliphatic rings. The van der Waals surface area contributed by atoms with Gasteiger partial charge < -0.3 is 19.9 Å². The zero-order valence-corrected chi connectivity index (χ0v) is 23.8. The van der Waals surface area contributed by atoms with Gasteiger partial charge in [0.15, 0.2) is 0 Å². The molecule has 0 radical (unpaired) electrons. The summed E-state index contributed by atoms with van der Waals surface area (Å²) in [5, 5.41) is 12.0. The van der Waals surface area contributed by atoms with Gasteiger partial charge in [-0.05, 0) is 63.1 Å². The van der Waals surface area contributed by atoms with E-state index in [1.807, 2.05) is 4.90 Å². The normalized spacial score (nSPS) is 16.6. The quantitative estimate of drug-likeness (QED) is 0.469. The van der Waals surface area contributed by atoms with Crippen molar-refractivity contribution in [2.24, 2.45) is 0 Å². The molecular formula is C29H33ClFN3O6. The molecule has 2 aromatic carbocycles. The van der Waals surface area contributed by atoms with Gasteiger partial charge >= 0.3 is 12.1 Å². The van der Waals surface area contributed by atoms with Gasteiger partial charge in [0, 0.05) is 33.2 Å². The minimum atomic E-state index is -1.19. The maximum absolute atomic E-state index is 14.5. The largest absolute Gasteiger partial charge is 0.484 e. The van der Waals surface area contributed by atoms with Crippen LogP contribution >= 0.6 is 11.6 Å². The van der Waals surface area contributed by atoms with Gasteiger partial charge in [0.25, 0.3) is 5.91 Å². The van der Waals surface area contributed by atoms with Crippen molar-refractivity contribution in [2.75, 3.05) is 33.2 Å². The molecule has 2 N–H and O–H groups in total. The van der Waals surface area contributed by atoms with Gasteiger partial charge in [-0.1, -0.05) is 23.6 Å². The van der Waals surface area contributed by atoms with E-state index in [0.29, 0.717) is 30.8 Å². The van der Waals surface area contributed by atoms with Crippen LogP contribution in [0.2, 0.25) is 5.02 Å². The number of nitrogens with one attached hydrogen (secondary N) is 1. The summed E-state index contributed by atoms with van der Waals surface area (Å²) in [7, 11) is 1.42. The number of carboxylic acids is 1. The summed E-state index contributed by atoms with van der Waals surface area (Å²) < 4.78 is 26.3. The number of ether oxygens (including phenoxy) is 2. The van der Waals surface area contributed by atoms with Crippen molar-refractivity contribution in [1.82, 2.24) is 15.1 Å². The van der Waals surface area contributed by atoms with Crippen LogP contribution in [-0.4, -0.2) is 77.7 Å². The number of benzene rings is 2. The van der Waals surface area contributed by atoms with Crippen LogP contribution in [0.1, 0.15) is 58.7 Å². The van der Waals surface area contributed by atoms with Crippen LogP contribution in [0.4, 0.5) is 9.18 Å². The highest BCUT2D eigenvalue weighted by Gasteiger charge is 2.34. The van der Waals surface area contributed by atoms with Gasteiger partial charge in [-0.2, -0.15) is 0 Å². The molecule has 214 valence electrons. The molecule has 1 fully saturated rings. The topological polar surface area (TPSA) is 108 Å². The van der Waals surface area contributed by atoms with Crippen LogP contribution in [0.15, 0.2) is 30.3 Å². The van der Waals surface area contributed by atoms with E-state index in [4.69, 9.17) is 27.5 Å². The molecule has 0 saturated carbocycles. The fourth-order valence-corrected chi connectivity index (χ4v) is 4.44. The third-order valence-electron chi connectivity index (χ3n) is 6.32. The van der Waals surface area contributed by atoms with Crippen LogP contribution < -0.4 is 10.1 Å². The van der Waals surface area contributed by atoms with Crippen molar-refractivity contribution in [3.63, 3.8) is 0 Å². The van der Waals surface area contributed by atoms with Gasteiger partial charge in [-0.25, -0.2) is 14.0 Å². The zero-order chi connectivity index (χ0) is 29.8. The molecule has 1 saturated heterocycles. The van der Waals surface area contributed by atoms with Crippen LogP contribution in [0.25, 0.3) is 0 Å². The van der Waals surface area contributed by atoms with Crippen molar-refractivity contribution < 1.29 is 33.4 Å². The standard InChI is InChI=1S/C29H33ClFN3O6/c1-7-19-15-33(10-11-34(19)28(38)40-29(3,4)5)16-25(18-8-9-22(30)23(31)13-18)39-24-12-17(2)20(27(36)37)14-21(24)26(35)32-6/h1,8-9,12-14,19,25H,10-11,15-16H2,2-6H3,(H,32,35)(H,36,37)/t19-,25-/m1/s1. The second kappa shape index (κ2) is 12.6. The number of carboxylic acid groups (broad SMARTS) is 1. The van der Waals surface area contributed by atoms with E-state index in [0.717, 1.165) is 0 Å². The summed E-state index contributed by atoms with van der Waals surface area (Å²) in [6.45, 7) is 8.15. The van der Waals surface area contributed by atoms with E-state index in [9.17, 15) is 23.9 Å². The Bertz CT molecular complexity index is 1340. The summed E-state index contributed by atoms with van der Waals surface area (Å²) >= 11 is 5.91. The highest BCUT2D eigenvalue weighted by molar-refractivity contribution is 6.30. The Balaban J connectivity index is 1.94. The Labute approximate surface area is 238 Å². The molecule has 0 unspecified atom stereocenters. The molecule has 0 aliphatic carbocycles. The molecule has 0 spiro atoms. The average Bonchev–Trinajstić information content (AvgIpc) is 2.88. The summed E-state index contributed by atoms with van der Waals surface area (Å²) in [5.74, 6) is 0.394. The fourth-order valence-electron chi connectivity index (χ4n) is 4.32. The molecule has 9 nitrogen and oxygen atoms in total. The number of aromatic carboxylic acids is 1. The molecule has 2 aromatic rings. The molecule has 3 rings (SSSR count). The lowest BCUT2D eigenvalue weighted by Crippen LogP contribution is -2.56. The molecule has 40 heavy (non-hydrogen) atoms. The number of hydrogen-bond donors (Lipinski definition) is 2. The Morgan fingerprint density at radius 1 is 1.23 bits per heavy atom. The SMILES string of the molecule is C#C[C@@H]1CN(C[C@@H](Oc2cc(C)c(C(=O)O)cc2C(=O)NC)c2ccc(Cl)c(F)c2)CCN1C(=O)OC(C)(C)C. The smallest absolute Gasteiger partial charge is 0.411 e. The molecule has 2 atom stereocenters. The van der Waals surface area contributed by atoms with Crippen molar-refractivity contribution >= 4 is 29.6 Å². The first kappa shape index (κ1) is 30.7. The third kappa shape index (κ3) is 7.43. The van der Waals surface area contributed by atoms with Crippen molar-refractivity contribution in [1.29, 1.82) is 0 Å². The van der Waals surface area contributed by atoms with Gasteiger partial charge in [0.2, 0.25) is 0 Å². The van der Waals surface area contributed by atoms with Crippen LogP contribution in [-0.2, 0) is 4.74 Å². The van der Waals surface area contributed by atoms with Crippen molar-refractivity contribution in [3.05, 3.63) is 63.4 Å². The first-order chi connectivity index (χ1) is 18.7. The van der Waals surface area contributed by atoms with Crippen molar-refractivity contribution in [3.8, 4) is 18.1 Å². The van der Waals surface area contributed by atoms with Gasteiger partial charge in [0.05, 0.1) is 16.1 Å². The number of piperazine rings is 1. The highest BCUT2D eigenvalue weighted by Crippen LogP contribution is 2.31. The Hall–Kier alpha value is -3.81. The molecule has 0 aromatic heterocycles. The van der Waals surface area contributed by atoms with Crippen LogP contribution in [0.3, 0.4) is 0 Å². The monoisotopic (exact) mass is 573 g/mol. The maximum Gasteiger partial charge on any atom is 0.411 e. The second-order valence-corrected chi connectivity index (χ2v) is 10.9. The Kier molecular flexibility index (Phi) is 9.66. The van der Waals surface area contributed by atoms with Crippen LogP contribution in [0.5, 0.6) is 5.75 Å². The third-order valence-corrected chi connectivity index (χ3v) is 6.63. The number of rotatable bonds is 7. The molecule has 1 heterocycles. The van der Waals surface area contributed by atoms with Gasteiger partial charge in [0.1, 0.15) is 29.3 Å². The fraction of sp³-hybridized carbons (Fsp3) is 0.414. The van der Waals surface area contributed by atoms with Crippen LogP contribution in [0, 0.1) is 25.1 Å². The number of halogens is 2. The van der Waals surface area contributed by atoms with Gasteiger partial charge in [-0.3, -0.25) is 14.6 Å². The number of nitrogens with zero attached hydrogens (tertiary/aromatic N) is 2. The zero-order valence-electron chi connectivity index (χ0n) is 23.1. The number of carbonyl (C=O) groups is 3. The summed E-state index contributed by atoms with van der Waals surface area (Å²) in [6, 6.07) is 6.41. The lowest BCUT2D eigenvalue weighted by molar-refractivity contribution is 0.00253. The molecule has 1 aliphatic heterocycles. The summed E-state index contributed by atoms with van der Waals surface area (Å²) in [5.41, 5.74) is 0.115. The first-order valence-electron chi connectivity index (χ1n) is 12.6. The second-order valence-electron chi connectivity index (χ2n) is 10.4. The predicted octanol–water partition coefficient (Wildman–Crippen LogP) is 4.52. The Morgan fingerprint density at radius 2 is 1.93 bits per heavy atom. The first-order valence-corrected chi connectivity index (χ1v) is 13.0. The minimum absolute atomic E-state index is 0.0150. The maximum atomic E-state index is 14.5. The predicted molar refractivity (Wildman–Crippen MR) is 148 cm³/mol. The molecule has 0 bridgehead atoms. The summed E-state index contributed by atoms with van der Waals surface area (Å²) in [6.07, 6.45) is 4.45. The molecule has 2 amide bonds.